The normalized spacial score (nSPS) is 15.0. The summed E-state index contributed by atoms with van der Waals surface area (Å²) in [5.41, 5.74) is 4.47. The third kappa shape index (κ3) is 4.33. The standard InChI is InChI=1S/C26H20ClN3O4/c27-19-11-18(5-8-25(19)33)29-21-13-26(34)22-12-20(21)28-16-3-6-23(31)14(9-16)1-2-15-10-17(30-22)4-7-24(15)32/h3-13,29-33H,1-2H2. The fourth-order valence-corrected chi connectivity index (χ4v) is 4.05. The van der Waals surface area contributed by atoms with E-state index in [1.165, 1.54) is 12.1 Å². The van der Waals surface area contributed by atoms with E-state index >= 15 is 0 Å². The molecule has 0 radical (unpaired) electrons. The Morgan fingerprint density at radius 1 is 0.853 bits per heavy atom. The zero-order valence-electron chi connectivity index (χ0n) is 17.8. The second kappa shape index (κ2) is 8.61. The highest BCUT2D eigenvalue weighted by Gasteiger charge is 2.21. The summed E-state index contributed by atoms with van der Waals surface area (Å²) in [5.74, 6) is -0.00927. The zero-order chi connectivity index (χ0) is 23.8. The van der Waals surface area contributed by atoms with E-state index in [1.54, 1.807) is 54.6 Å². The number of phenolic OH excluding ortho intramolecular Hbond substituents is 3. The Morgan fingerprint density at radius 3 is 2.32 bits per heavy atom. The van der Waals surface area contributed by atoms with Crippen LogP contribution in [0.25, 0.3) is 0 Å². The summed E-state index contributed by atoms with van der Waals surface area (Å²) >= 11 is 6.03. The third-order valence-electron chi connectivity index (χ3n) is 5.66. The SMILES string of the molecule is O=C1C=C(Nc2ccc(O)c(Cl)c2)C2=Nc3ccc(O)c(c3)CCc3cc(ccc3O)NC1=C2. The zero-order valence-corrected chi connectivity index (χ0v) is 18.6. The number of rotatable bonds is 2. The van der Waals surface area contributed by atoms with Crippen molar-refractivity contribution in [1.29, 1.82) is 0 Å². The van der Waals surface area contributed by atoms with Crippen molar-refractivity contribution in [2.24, 2.45) is 4.99 Å². The first-order chi connectivity index (χ1) is 16.4. The Balaban J connectivity index is 1.61. The summed E-state index contributed by atoms with van der Waals surface area (Å²) in [6.45, 7) is 0. The molecule has 5 rings (SSSR count). The number of aryl methyl sites for hydroxylation is 2. The van der Waals surface area contributed by atoms with Crippen LogP contribution in [0.1, 0.15) is 11.1 Å². The van der Waals surface area contributed by atoms with E-state index < -0.39 is 0 Å². The maximum atomic E-state index is 12.9. The molecule has 1 heterocycles. The van der Waals surface area contributed by atoms with Gasteiger partial charge in [-0.2, -0.15) is 0 Å². The minimum Gasteiger partial charge on any atom is -0.508 e. The number of fused-ring (bicyclic) bond motifs is 5. The van der Waals surface area contributed by atoms with E-state index in [9.17, 15) is 20.1 Å². The lowest BCUT2D eigenvalue weighted by molar-refractivity contribution is -0.111. The Morgan fingerprint density at radius 2 is 1.56 bits per heavy atom. The molecule has 0 spiro atoms. The number of hydrogen-bond donors (Lipinski definition) is 5. The number of halogens is 1. The number of carbonyl (C=O) groups is 1. The summed E-state index contributed by atoms with van der Waals surface area (Å²) in [5, 5.41) is 36.8. The molecule has 5 N–H and O–H groups in total. The predicted octanol–water partition coefficient (Wildman–Crippen LogP) is 5.20. The van der Waals surface area contributed by atoms with Gasteiger partial charge in [-0.15, -0.1) is 0 Å². The minimum atomic E-state index is -0.262. The molecular formula is C26H20ClN3O4. The summed E-state index contributed by atoms with van der Waals surface area (Å²) in [4.78, 5) is 17.7. The van der Waals surface area contributed by atoms with Crippen LogP contribution < -0.4 is 10.6 Å². The number of allylic oxidation sites excluding steroid dienone is 2. The van der Waals surface area contributed by atoms with E-state index in [1.807, 2.05) is 0 Å². The van der Waals surface area contributed by atoms with E-state index in [-0.39, 0.29) is 28.1 Å². The first-order valence-corrected chi connectivity index (χ1v) is 11.0. The van der Waals surface area contributed by atoms with Gasteiger partial charge in [0.15, 0.2) is 0 Å². The Bertz CT molecular complexity index is 1430. The number of ketones is 1. The minimum absolute atomic E-state index is 0.0448. The second-order valence-electron chi connectivity index (χ2n) is 8.05. The number of nitrogens with one attached hydrogen (secondary N) is 2. The number of aromatic hydroxyl groups is 3. The van der Waals surface area contributed by atoms with Crippen molar-refractivity contribution >= 4 is 40.2 Å². The average molecular weight is 474 g/mol. The first kappa shape index (κ1) is 21.6. The Hall–Kier alpha value is -4.23. The van der Waals surface area contributed by atoms with Gasteiger partial charge in [0.25, 0.3) is 0 Å². The predicted molar refractivity (Wildman–Crippen MR) is 132 cm³/mol. The maximum absolute atomic E-state index is 12.9. The van der Waals surface area contributed by atoms with Crippen LogP contribution in [0.5, 0.6) is 17.2 Å². The van der Waals surface area contributed by atoms with Crippen LogP contribution >= 0.6 is 11.6 Å². The van der Waals surface area contributed by atoms with Crippen molar-refractivity contribution in [2.75, 3.05) is 10.6 Å². The maximum Gasteiger partial charge on any atom is 0.204 e. The van der Waals surface area contributed by atoms with Crippen LogP contribution in [0, 0.1) is 0 Å². The second-order valence-corrected chi connectivity index (χ2v) is 8.46. The van der Waals surface area contributed by atoms with Gasteiger partial charge in [-0.25, -0.2) is 4.99 Å². The molecule has 1 aliphatic carbocycles. The monoisotopic (exact) mass is 473 g/mol. The first-order valence-electron chi connectivity index (χ1n) is 10.6. The molecule has 3 aromatic carbocycles. The number of carbonyl (C=O) groups excluding carboxylic acids is 1. The van der Waals surface area contributed by atoms with E-state index in [4.69, 9.17) is 16.6 Å². The molecule has 0 fully saturated rings. The molecule has 34 heavy (non-hydrogen) atoms. The molecule has 0 saturated carbocycles. The number of aliphatic imine (C=N–C) groups is 1. The van der Waals surface area contributed by atoms with Crippen molar-refractivity contribution < 1.29 is 20.1 Å². The smallest absolute Gasteiger partial charge is 0.204 e. The number of anilines is 2. The quantitative estimate of drug-likeness (QED) is 0.258. The highest BCUT2D eigenvalue weighted by Crippen LogP contribution is 2.31. The lowest BCUT2D eigenvalue weighted by atomic mass is 10.0. The van der Waals surface area contributed by atoms with E-state index in [0.717, 1.165) is 0 Å². The molecule has 0 unspecified atom stereocenters. The summed E-state index contributed by atoms with van der Waals surface area (Å²) in [6.07, 6.45) is 4.07. The molecule has 8 heteroatoms. The van der Waals surface area contributed by atoms with Gasteiger partial charge in [0.2, 0.25) is 5.78 Å². The number of phenols is 3. The van der Waals surface area contributed by atoms with Crippen LogP contribution in [-0.2, 0) is 17.6 Å². The Labute approximate surface area is 200 Å². The van der Waals surface area contributed by atoms with Gasteiger partial charge in [0, 0.05) is 17.5 Å². The molecule has 3 aromatic rings. The number of hydrogen-bond acceptors (Lipinski definition) is 7. The molecule has 0 aromatic heterocycles. The summed E-state index contributed by atoms with van der Waals surface area (Å²) in [6, 6.07) is 14.8. The van der Waals surface area contributed by atoms with Crippen LogP contribution in [0.2, 0.25) is 5.02 Å². The largest absolute Gasteiger partial charge is 0.508 e. The summed E-state index contributed by atoms with van der Waals surface area (Å²) < 4.78 is 0. The van der Waals surface area contributed by atoms with Crippen LogP contribution in [0.15, 0.2) is 83.1 Å². The van der Waals surface area contributed by atoms with Gasteiger partial charge in [0.1, 0.15) is 17.2 Å². The van der Waals surface area contributed by atoms with Gasteiger partial charge in [-0.05, 0) is 84.6 Å². The molecule has 170 valence electrons. The van der Waals surface area contributed by atoms with E-state index in [0.29, 0.717) is 58.1 Å². The molecule has 6 bridgehead atoms. The highest BCUT2D eigenvalue weighted by atomic mass is 35.5. The Kier molecular flexibility index (Phi) is 5.47. The van der Waals surface area contributed by atoms with Crippen LogP contribution in [0.3, 0.4) is 0 Å². The fraction of sp³-hybridized carbons (Fsp3) is 0.0769. The van der Waals surface area contributed by atoms with Crippen molar-refractivity contribution in [3.05, 3.63) is 94.3 Å². The molecule has 0 atom stereocenters. The van der Waals surface area contributed by atoms with Crippen molar-refractivity contribution in [1.82, 2.24) is 0 Å². The fourth-order valence-electron chi connectivity index (χ4n) is 3.87. The molecule has 0 amide bonds. The molecule has 1 aliphatic heterocycles. The summed E-state index contributed by atoms with van der Waals surface area (Å²) in [7, 11) is 0. The average Bonchev–Trinajstić information content (AvgIpc) is 2.81. The highest BCUT2D eigenvalue weighted by molar-refractivity contribution is 6.32. The third-order valence-corrected chi connectivity index (χ3v) is 5.96. The lowest BCUT2D eigenvalue weighted by Crippen LogP contribution is -2.22. The van der Waals surface area contributed by atoms with Crippen molar-refractivity contribution in [3.63, 3.8) is 0 Å². The van der Waals surface area contributed by atoms with Gasteiger partial charge in [-0.3, -0.25) is 4.79 Å². The van der Waals surface area contributed by atoms with Gasteiger partial charge >= 0.3 is 0 Å². The lowest BCUT2D eigenvalue weighted by Gasteiger charge is -2.19. The molecule has 2 aliphatic rings. The molecular weight excluding hydrogens is 454 g/mol. The van der Waals surface area contributed by atoms with Gasteiger partial charge in [-0.1, -0.05) is 11.6 Å². The van der Waals surface area contributed by atoms with Crippen LogP contribution in [-0.4, -0.2) is 26.8 Å². The van der Waals surface area contributed by atoms with Crippen molar-refractivity contribution in [3.8, 4) is 17.2 Å². The topological polar surface area (TPSA) is 114 Å². The molecule has 0 saturated heterocycles. The van der Waals surface area contributed by atoms with E-state index in [2.05, 4.69) is 10.6 Å². The number of benzene rings is 3. The number of nitrogens with zero attached hydrogens (tertiary/aromatic N) is 1. The van der Waals surface area contributed by atoms with Gasteiger partial charge < -0.3 is 26.0 Å². The van der Waals surface area contributed by atoms with Gasteiger partial charge in [0.05, 0.1) is 27.8 Å². The van der Waals surface area contributed by atoms with Crippen molar-refractivity contribution in [2.45, 2.75) is 12.8 Å². The molecule has 7 nitrogen and oxygen atoms in total. The van der Waals surface area contributed by atoms with Crippen LogP contribution in [0.4, 0.5) is 17.1 Å².